The van der Waals surface area contributed by atoms with E-state index in [-0.39, 0.29) is 0 Å². The summed E-state index contributed by atoms with van der Waals surface area (Å²) in [5.41, 5.74) is 0. The molecule has 0 fully saturated rings. The monoisotopic (exact) mass is 118 g/mol. The lowest BCUT2D eigenvalue weighted by molar-refractivity contribution is -0.134. The molecule has 0 rings (SSSR count). The number of rotatable bonds is 0. The molecule has 0 saturated heterocycles. The molecule has 0 aromatic carbocycles. The van der Waals surface area contributed by atoms with Crippen molar-refractivity contribution >= 4 is 5.97 Å². The van der Waals surface area contributed by atoms with Gasteiger partial charge < -0.3 is 5.11 Å². The van der Waals surface area contributed by atoms with Crippen LogP contribution in [0.2, 0.25) is 0 Å². The summed E-state index contributed by atoms with van der Waals surface area (Å²) in [6.45, 7) is 7.58. The van der Waals surface area contributed by atoms with E-state index < -0.39 is 5.97 Å². The zero-order valence-electron chi connectivity index (χ0n) is 5.93. The van der Waals surface area contributed by atoms with Gasteiger partial charge in [0.15, 0.2) is 0 Å². The molecule has 0 aliphatic rings. The van der Waals surface area contributed by atoms with Crippen molar-refractivity contribution in [3.05, 3.63) is 0 Å². The van der Waals surface area contributed by atoms with Gasteiger partial charge in [0.05, 0.1) is 0 Å². The maximum Gasteiger partial charge on any atom is 0.300 e. The van der Waals surface area contributed by atoms with Gasteiger partial charge in [0.25, 0.3) is 5.97 Å². The predicted octanol–water partition coefficient (Wildman–Crippen LogP) is 1.75. The minimum Gasteiger partial charge on any atom is -0.481 e. The summed E-state index contributed by atoms with van der Waals surface area (Å²) in [6.07, 6.45) is 0. The highest BCUT2D eigenvalue weighted by Gasteiger charge is 1.68. The van der Waals surface area contributed by atoms with Crippen LogP contribution in [0.25, 0.3) is 0 Å². The van der Waals surface area contributed by atoms with Gasteiger partial charge in [0.1, 0.15) is 0 Å². The van der Waals surface area contributed by atoms with Crippen LogP contribution >= 0.6 is 0 Å². The maximum atomic E-state index is 9.00. The highest BCUT2D eigenvalue weighted by atomic mass is 16.4. The van der Waals surface area contributed by atoms with Crippen molar-refractivity contribution < 1.29 is 9.90 Å². The summed E-state index contributed by atoms with van der Waals surface area (Å²) in [7, 11) is 0. The minimum atomic E-state index is -0.833. The fourth-order valence-electron chi connectivity index (χ4n) is 0. The Morgan fingerprint density at radius 3 is 1.38 bits per heavy atom. The Hall–Kier alpha value is -0.530. The summed E-state index contributed by atoms with van der Waals surface area (Å²) in [5.74, 6) is 0. The van der Waals surface area contributed by atoms with E-state index in [9.17, 15) is 0 Å². The second-order valence-electron chi connectivity index (χ2n) is 2.25. The van der Waals surface area contributed by atoms with E-state index in [1.54, 1.807) is 0 Å². The molecule has 0 aliphatic carbocycles. The molecule has 8 heavy (non-hydrogen) atoms. The van der Waals surface area contributed by atoms with Gasteiger partial charge in [0.2, 0.25) is 0 Å². The van der Waals surface area contributed by atoms with Crippen molar-refractivity contribution in [1.29, 1.82) is 0 Å². The fourth-order valence-corrected chi connectivity index (χ4v) is 0. The van der Waals surface area contributed by atoms with E-state index >= 15 is 0 Å². The van der Waals surface area contributed by atoms with Gasteiger partial charge in [-0.1, -0.05) is 20.8 Å². The molecule has 2 heteroatoms. The Balaban J connectivity index is 0. The topological polar surface area (TPSA) is 37.3 Å². The molecule has 0 unspecified atom stereocenters. The molecule has 0 bridgehead atoms. The maximum absolute atomic E-state index is 9.00. The van der Waals surface area contributed by atoms with E-state index in [0.717, 1.165) is 12.8 Å². The highest BCUT2D eigenvalue weighted by molar-refractivity contribution is 5.62. The summed E-state index contributed by atoms with van der Waals surface area (Å²) < 4.78 is 0. The normalized spacial score (nSPS) is 7.62. The Labute approximate surface area is 50.5 Å². The molecule has 50 valence electrons. The number of hydrogen-bond donors (Lipinski definition) is 1. The lowest BCUT2D eigenvalue weighted by Crippen LogP contribution is -1.78. The van der Waals surface area contributed by atoms with Crippen LogP contribution in [0, 0.1) is 5.92 Å². The number of carboxylic acid groups (broad SMARTS) is 1. The molecule has 0 aliphatic heterocycles. The van der Waals surface area contributed by atoms with Gasteiger partial charge in [-0.05, 0) is 5.92 Å². The first-order chi connectivity index (χ1) is 3.46. The highest BCUT2D eigenvalue weighted by Crippen LogP contribution is 1.81. The fraction of sp³-hybridized carbons (Fsp3) is 0.833. The molecule has 0 atom stereocenters. The Kier molecular flexibility index (Phi) is 8.45. The van der Waals surface area contributed by atoms with Gasteiger partial charge >= 0.3 is 0 Å². The average molecular weight is 118 g/mol. The van der Waals surface area contributed by atoms with Crippen LogP contribution in [0.15, 0.2) is 0 Å². The lowest BCUT2D eigenvalue weighted by Gasteiger charge is -1.79. The van der Waals surface area contributed by atoms with Crippen LogP contribution in [0.5, 0.6) is 0 Å². The van der Waals surface area contributed by atoms with Crippen molar-refractivity contribution in [2.24, 2.45) is 5.92 Å². The van der Waals surface area contributed by atoms with Gasteiger partial charge in [-0.25, -0.2) is 0 Å². The quantitative estimate of drug-likeness (QED) is 0.526. The van der Waals surface area contributed by atoms with Crippen molar-refractivity contribution in [3.8, 4) is 0 Å². The molecular formula is C6H14O2. The van der Waals surface area contributed by atoms with E-state index in [1.165, 1.54) is 0 Å². The molecule has 0 aromatic rings. The van der Waals surface area contributed by atoms with Crippen molar-refractivity contribution in [2.45, 2.75) is 27.7 Å². The zero-order valence-corrected chi connectivity index (χ0v) is 5.93. The van der Waals surface area contributed by atoms with E-state index in [0.29, 0.717) is 0 Å². The summed E-state index contributed by atoms with van der Waals surface area (Å²) in [6, 6.07) is 0. The lowest BCUT2D eigenvalue weighted by atomic mass is 10.3. The van der Waals surface area contributed by atoms with Gasteiger partial charge in [0, 0.05) is 6.92 Å². The smallest absolute Gasteiger partial charge is 0.300 e. The second kappa shape index (κ2) is 6.47. The Morgan fingerprint density at radius 1 is 1.38 bits per heavy atom. The number of aliphatic carboxylic acids is 1. The average Bonchev–Trinajstić information content (AvgIpc) is 1.25. The van der Waals surface area contributed by atoms with Crippen molar-refractivity contribution in [1.82, 2.24) is 0 Å². The first-order valence-corrected chi connectivity index (χ1v) is 2.66. The molecular weight excluding hydrogens is 104 g/mol. The largest absolute Gasteiger partial charge is 0.481 e. The molecule has 0 amide bonds. The zero-order chi connectivity index (χ0) is 7.15. The van der Waals surface area contributed by atoms with E-state index in [2.05, 4.69) is 20.8 Å². The summed E-state index contributed by atoms with van der Waals surface area (Å²) >= 11 is 0. The molecule has 0 radical (unpaired) electrons. The third kappa shape index (κ3) is 389. The minimum absolute atomic E-state index is 0.833. The number of carboxylic acids is 1. The van der Waals surface area contributed by atoms with Crippen LogP contribution in [0.3, 0.4) is 0 Å². The van der Waals surface area contributed by atoms with Crippen molar-refractivity contribution in [3.63, 3.8) is 0 Å². The molecule has 0 heterocycles. The second-order valence-corrected chi connectivity index (χ2v) is 2.25. The van der Waals surface area contributed by atoms with Crippen LogP contribution in [0.1, 0.15) is 27.7 Å². The molecule has 1 N–H and O–H groups in total. The van der Waals surface area contributed by atoms with Crippen LogP contribution < -0.4 is 0 Å². The van der Waals surface area contributed by atoms with Crippen LogP contribution in [-0.4, -0.2) is 11.1 Å². The Morgan fingerprint density at radius 2 is 1.38 bits per heavy atom. The predicted molar refractivity (Wildman–Crippen MR) is 33.8 cm³/mol. The van der Waals surface area contributed by atoms with Crippen molar-refractivity contribution in [2.75, 3.05) is 0 Å². The van der Waals surface area contributed by atoms with Gasteiger partial charge in [-0.3, -0.25) is 4.79 Å². The van der Waals surface area contributed by atoms with Gasteiger partial charge in [-0.2, -0.15) is 0 Å². The van der Waals surface area contributed by atoms with Crippen LogP contribution in [-0.2, 0) is 4.79 Å². The molecule has 0 aromatic heterocycles. The van der Waals surface area contributed by atoms with Crippen LogP contribution in [0.4, 0.5) is 0 Å². The number of carbonyl (C=O) groups is 1. The third-order valence-electron chi connectivity index (χ3n) is 0. The van der Waals surface area contributed by atoms with E-state index in [1.807, 2.05) is 0 Å². The molecule has 0 spiro atoms. The first kappa shape index (κ1) is 10.5. The van der Waals surface area contributed by atoms with Gasteiger partial charge in [-0.15, -0.1) is 0 Å². The molecule has 0 saturated carbocycles. The standard InChI is InChI=1S/C4H10.C2H4O2/c1-4(2)3;1-2(3)4/h4H,1-3H3;1H3,(H,3,4). The SMILES string of the molecule is CC(=O)O.CC(C)C. The molecule has 2 nitrogen and oxygen atoms in total. The summed E-state index contributed by atoms with van der Waals surface area (Å²) in [4.78, 5) is 9.00. The van der Waals surface area contributed by atoms with E-state index in [4.69, 9.17) is 9.90 Å². The number of hydrogen-bond acceptors (Lipinski definition) is 1. The summed E-state index contributed by atoms with van der Waals surface area (Å²) in [5, 5.41) is 7.42. The Bertz CT molecular complexity index is 50.8. The first-order valence-electron chi connectivity index (χ1n) is 2.66. The third-order valence-corrected chi connectivity index (χ3v) is 0.